The number of hydrogen-bond donors (Lipinski definition) is 0. The Morgan fingerprint density at radius 1 is 1.15 bits per heavy atom. The third-order valence-corrected chi connectivity index (χ3v) is 2.61. The van der Waals surface area contributed by atoms with E-state index in [1.54, 1.807) is 0 Å². The molecule has 0 fully saturated rings. The Morgan fingerprint density at radius 3 is 2.15 bits per heavy atom. The van der Waals surface area contributed by atoms with Gasteiger partial charge < -0.3 is 0 Å². The van der Waals surface area contributed by atoms with E-state index in [4.69, 9.17) is 0 Å². The smallest absolute Gasteiger partial charge is 0.00121 e. The summed E-state index contributed by atoms with van der Waals surface area (Å²) >= 11 is 0. The van der Waals surface area contributed by atoms with Crippen LogP contribution in [0.3, 0.4) is 0 Å². The summed E-state index contributed by atoms with van der Waals surface area (Å²) in [4.78, 5) is 0. The van der Waals surface area contributed by atoms with Gasteiger partial charge in [-0.1, -0.05) is 44.2 Å². The standard InChI is InChI=1S/C11H17P.ClH/c1-9(2)8-11(12)10-6-4-3-5-7-10;/h3-7,9,11H,8,12H2,1-2H3;1H. The molecule has 0 saturated carbocycles. The molecule has 0 radical (unpaired) electrons. The van der Waals surface area contributed by atoms with Gasteiger partial charge in [0, 0.05) is 0 Å². The molecular formula is C11H18ClP. The zero-order valence-corrected chi connectivity index (χ0v) is 10.2. The van der Waals surface area contributed by atoms with Crippen LogP contribution in [-0.2, 0) is 0 Å². The lowest BCUT2D eigenvalue weighted by atomic mass is 10.0. The van der Waals surface area contributed by atoms with Crippen LogP contribution in [0.2, 0.25) is 0 Å². The maximum Gasteiger partial charge on any atom is -0.00121 e. The van der Waals surface area contributed by atoms with Crippen molar-refractivity contribution in [2.45, 2.75) is 25.9 Å². The van der Waals surface area contributed by atoms with Crippen LogP contribution in [0, 0.1) is 5.92 Å². The molecule has 2 unspecified atom stereocenters. The Morgan fingerprint density at radius 2 is 1.69 bits per heavy atom. The van der Waals surface area contributed by atoms with Gasteiger partial charge in [0.05, 0.1) is 0 Å². The fraction of sp³-hybridized carbons (Fsp3) is 0.455. The molecule has 0 bridgehead atoms. The summed E-state index contributed by atoms with van der Waals surface area (Å²) in [7, 11) is 2.92. The highest BCUT2D eigenvalue weighted by atomic mass is 35.5. The second-order valence-electron chi connectivity index (χ2n) is 3.65. The number of hydrogen-bond acceptors (Lipinski definition) is 0. The van der Waals surface area contributed by atoms with Crippen LogP contribution in [0.4, 0.5) is 0 Å². The van der Waals surface area contributed by atoms with Crippen LogP contribution in [0.1, 0.15) is 31.5 Å². The van der Waals surface area contributed by atoms with E-state index in [0.29, 0.717) is 5.66 Å². The fourth-order valence-corrected chi connectivity index (χ4v) is 2.11. The van der Waals surface area contributed by atoms with Gasteiger partial charge in [-0.15, -0.1) is 21.6 Å². The maximum atomic E-state index is 2.92. The molecule has 1 aromatic rings. The summed E-state index contributed by atoms with van der Waals surface area (Å²) in [5.74, 6) is 0.771. The van der Waals surface area contributed by atoms with Crippen molar-refractivity contribution >= 4 is 21.6 Å². The van der Waals surface area contributed by atoms with E-state index in [1.807, 2.05) is 0 Å². The Hall–Kier alpha value is -0.0600. The molecule has 74 valence electrons. The van der Waals surface area contributed by atoms with Crippen LogP contribution in [0.5, 0.6) is 0 Å². The number of benzene rings is 1. The molecule has 0 amide bonds. The van der Waals surface area contributed by atoms with Crippen molar-refractivity contribution in [2.24, 2.45) is 5.92 Å². The van der Waals surface area contributed by atoms with Gasteiger partial charge in [-0.25, -0.2) is 0 Å². The van der Waals surface area contributed by atoms with Gasteiger partial charge in [-0.2, -0.15) is 0 Å². The second-order valence-corrected chi connectivity index (χ2v) is 4.45. The van der Waals surface area contributed by atoms with Crippen LogP contribution >= 0.6 is 21.6 Å². The summed E-state index contributed by atoms with van der Waals surface area (Å²) in [5, 5.41) is 0. The Labute approximate surface area is 89.7 Å². The minimum absolute atomic E-state index is 0. The Kier molecular flexibility index (Phi) is 6.37. The van der Waals surface area contributed by atoms with Crippen molar-refractivity contribution in [2.75, 3.05) is 0 Å². The highest BCUT2D eigenvalue weighted by Crippen LogP contribution is 2.29. The minimum Gasteiger partial charge on any atom is -0.147 e. The average molecular weight is 217 g/mol. The molecule has 1 rings (SSSR count). The lowest BCUT2D eigenvalue weighted by molar-refractivity contribution is 0.579. The van der Waals surface area contributed by atoms with E-state index in [1.165, 1.54) is 12.0 Å². The first-order valence-electron chi connectivity index (χ1n) is 4.50. The predicted octanol–water partition coefficient (Wildman–Crippen LogP) is 4.07. The summed E-state index contributed by atoms with van der Waals surface area (Å²) in [5.41, 5.74) is 2.04. The number of halogens is 1. The first kappa shape index (κ1) is 12.9. The largest absolute Gasteiger partial charge is 0.147 e. The highest BCUT2D eigenvalue weighted by Gasteiger charge is 2.06. The molecule has 0 heterocycles. The SMILES string of the molecule is CC(C)CC(P)c1ccccc1.Cl. The third kappa shape index (κ3) is 4.64. The molecule has 0 nitrogen and oxygen atoms in total. The molecule has 0 saturated heterocycles. The first-order valence-corrected chi connectivity index (χ1v) is 5.17. The van der Waals surface area contributed by atoms with Gasteiger partial charge in [0.15, 0.2) is 0 Å². The normalized spacial score (nSPS) is 12.3. The van der Waals surface area contributed by atoms with E-state index < -0.39 is 0 Å². The molecule has 0 aliphatic heterocycles. The summed E-state index contributed by atoms with van der Waals surface area (Å²) in [6.07, 6.45) is 1.24. The zero-order valence-electron chi connectivity index (χ0n) is 8.23. The van der Waals surface area contributed by atoms with Gasteiger partial charge in [-0.05, 0) is 23.6 Å². The lowest BCUT2D eigenvalue weighted by Gasteiger charge is -2.13. The molecule has 0 aromatic heterocycles. The molecule has 2 atom stereocenters. The fourth-order valence-electron chi connectivity index (χ4n) is 1.34. The minimum atomic E-state index is 0. The van der Waals surface area contributed by atoms with E-state index in [9.17, 15) is 0 Å². The van der Waals surface area contributed by atoms with Gasteiger partial charge in [0.25, 0.3) is 0 Å². The van der Waals surface area contributed by atoms with E-state index in [0.717, 1.165) is 5.92 Å². The quantitative estimate of drug-likeness (QED) is 0.669. The molecule has 0 aliphatic rings. The predicted molar refractivity (Wildman–Crippen MR) is 65.6 cm³/mol. The summed E-state index contributed by atoms with van der Waals surface area (Å²) in [6, 6.07) is 10.7. The summed E-state index contributed by atoms with van der Waals surface area (Å²) in [6.45, 7) is 4.53. The van der Waals surface area contributed by atoms with Crippen molar-refractivity contribution in [3.8, 4) is 0 Å². The number of rotatable bonds is 3. The van der Waals surface area contributed by atoms with Crippen LogP contribution in [0.25, 0.3) is 0 Å². The van der Waals surface area contributed by atoms with Gasteiger partial charge in [0.1, 0.15) is 0 Å². The molecular weight excluding hydrogens is 199 g/mol. The second kappa shape index (κ2) is 6.40. The topological polar surface area (TPSA) is 0 Å². The van der Waals surface area contributed by atoms with Crippen molar-refractivity contribution in [1.29, 1.82) is 0 Å². The van der Waals surface area contributed by atoms with E-state index in [2.05, 4.69) is 53.4 Å². The Balaban J connectivity index is 0.00000144. The average Bonchev–Trinajstić information content (AvgIpc) is 2.05. The first-order chi connectivity index (χ1) is 5.70. The van der Waals surface area contributed by atoms with Crippen molar-refractivity contribution in [3.05, 3.63) is 35.9 Å². The lowest BCUT2D eigenvalue weighted by Crippen LogP contribution is -1.95. The van der Waals surface area contributed by atoms with Crippen molar-refractivity contribution in [1.82, 2.24) is 0 Å². The third-order valence-electron chi connectivity index (χ3n) is 1.95. The van der Waals surface area contributed by atoms with Crippen LogP contribution in [-0.4, -0.2) is 0 Å². The van der Waals surface area contributed by atoms with E-state index >= 15 is 0 Å². The summed E-state index contributed by atoms with van der Waals surface area (Å²) < 4.78 is 0. The molecule has 13 heavy (non-hydrogen) atoms. The molecule has 0 spiro atoms. The van der Waals surface area contributed by atoms with Crippen molar-refractivity contribution in [3.63, 3.8) is 0 Å². The van der Waals surface area contributed by atoms with Crippen molar-refractivity contribution < 1.29 is 0 Å². The molecule has 0 aliphatic carbocycles. The monoisotopic (exact) mass is 216 g/mol. The van der Waals surface area contributed by atoms with Gasteiger partial charge in [-0.3, -0.25) is 0 Å². The molecule has 2 heteroatoms. The Bertz CT molecular complexity index is 221. The highest BCUT2D eigenvalue weighted by molar-refractivity contribution is 7.17. The van der Waals surface area contributed by atoms with Gasteiger partial charge in [0.2, 0.25) is 0 Å². The molecule has 0 N–H and O–H groups in total. The van der Waals surface area contributed by atoms with Gasteiger partial charge >= 0.3 is 0 Å². The van der Waals surface area contributed by atoms with Crippen LogP contribution in [0.15, 0.2) is 30.3 Å². The molecule has 1 aromatic carbocycles. The zero-order chi connectivity index (χ0) is 8.97. The van der Waals surface area contributed by atoms with E-state index in [-0.39, 0.29) is 12.4 Å². The van der Waals surface area contributed by atoms with Crippen LogP contribution < -0.4 is 0 Å². The maximum absolute atomic E-state index is 2.92.